The number of hydrogen-bond acceptors (Lipinski definition) is 3. The highest BCUT2D eigenvalue weighted by atomic mass is 16.5. The predicted molar refractivity (Wildman–Crippen MR) is 90.0 cm³/mol. The Morgan fingerprint density at radius 1 is 1.17 bits per heavy atom. The fraction of sp³-hybridized carbons (Fsp3) is 0.167. The average molecular weight is 310 g/mol. The number of aromatic nitrogens is 1. The summed E-state index contributed by atoms with van der Waals surface area (Å²) in [4.78, 5) is 15.5. The molecule has 0 spiro atoms. The van der Waals surface area contributed by atoms with Crippen LogP contribution in [0.25, 0.3) is 10.9 Å². The van der Waals surface area contributed by atoms with E-state index in [9.17, 15) is 4.79 Å². The van der Waals surface area contributed by atoms with Crippen LogP contribution in [0.1, 0.15) is 16.1 Å². The van der Waals surface area contributed by atoms with Crippen LogP contribution in [0, 0.1) is 6.92 Å². The third-order valence-electron chi connectivity index (χ3n) is 3.49. The Morgan fingerprint density at radius 3 is 2.70 bits per heavy atom. The number of nitrogens with one attached hydrogen (secondary N) is 2. The van der Waals surface area contributed by atoms with Crippen LogP contribution in [0.4, 0.5) is 5.69 Å². The number of carbonyl (C=O) groups excluding carboxylic acids is 1. The van der Waals surface area contributed by atoms with Crippen molar-refractivity contribution in [3.8, 4) is 5.75 Å². The largest absolute Gasteiger partial charge is 0.491 e. The Morgan fingerprint density at radius 2 is 1.96 bits per heavy atom. The van der Waals surface area contributed by atoms with Crippen LogP contribution < -0.4 is 10.1 Å². The molecule has 23 heavy (non-hydrogen) atoms. The highest BCUT2D eigenvalue weighted by Crippen LogP contribution is 2.19. The molecule has 0 bridgehead atoms. The molecule has 0 aliphatic rings. The molecular formula is C18H18N2O3. The maximum Gasteiger partial charge on any atom is 0.272 e. The molecule has 3 aromatic rings. The topological polar surface area (TPSA) is 74.3 Å². The molecule has 0 fully saturated rings. The van der Waals surface area contributed by atoms with E-state index in [1.807, 2.05) is 31.2 Å². The number of carbonyl (C=O) groups is 1. The monoisotopic (exact) mass is 310 g/mol. The number of H-pyrrole nitrogens is 1. The molecule has 0 atom stereocenters. The van der Waals surface area contributed by atoms with Crippen molar-refractivity contribution in [2.24, 2.45) is 0 Å². The van der Waals surface area contributed by atoms with Gasteiger partial charge in [-0.3, -0.25) is 4.79 Å². The van der Waals surface area contributed by atoms with E-state index in [0.717, 1.165) is 16.5 Å². The van der Waals surface area contributed by atoms with Crippen LogP contribution in [0.3, 0.4) is 0 Å². The van der Waals surface area contributed by atoms with Crippen molar-refractivity contribution in [1.29, 1.82) is 0 Å². The average Bonchev–Trinajstić information content (AvgIpc) is 2.97. The van der Waals surface area contributed by atoms with Crippen molar-refractivity contribution in [1.82, 2.24) is 4.98 Å². The number of aromatic amines is 1. The van der Waals surface area contributed by atoms with Gasteiger partial charge < -0.3 is 20.1 Å². The van der Waals surface area contributed by atoms with Gasteiger partial charge in [-0.2, -0.15) is 0 Å². The molecule has 0 aliphatic carbocycles. The second-order valence-corrected chi connectivity index (χ2v) is 5.32. The lowest BCUT2D eigenvalue weighted by Gasteiger charge is -2.06. The standard InChI is InChI=1S/C18H18N2O3/c1-12-2-3-13-11-17(20-16(13)10-12)18(22)19-14-4-6-15(7-5-14)23-9-8-21/h2-7,10-11,20-21H,8-9H2,1H3,(H,19,22). The Labute approximate surface area is 133 Å². The first-order valence-corrected chi connectivity index (χ1v) is 7.40. The molecule has 5 nitrogen and oxygen atoms in total. The molecule has 1 amide bonds. The van der Waals surface area contributed by atoms with Gasteiger partial charge in [-0.05, 0) is 48.9 Å². The van der Waals surface area contributed by atoms with E-state index in [1.54, 1.807) is 24.3 Å². The fourth-order valence-electron chi connectivity index (χ4n) is 2.36. The summed E-state index contributed by atoms with van der Waals surface area (Å²) in [5, 5.41) is 12.6. The first kappa shape index (κ1) is 15.1. The molecule has 0 aliphatic heterocycles. The molecule has 1 heterocycles. The minimum atomic E-state index is -0.192. The number of anilines is 1. The summed E-state index contributed by atoms with van der Waals surface area (Å²) < 4.78 is 5.28. The van der Waals surface area contributed by atoms with Gasteiger partial charge >= 0.3 is 0 Å². The summed E-state index contributed by atoms with van der Waals surface area (Å²) in [5.74, 6) is 0.459. The summed E-state index contributed by atoms with van der Waals surface area (Å²) in [7, 11) is 0. The van der Waals surface area contributed by atoms with Crippen molar-refractivity contribution in [2.45, 2.75) is 6.92 Å². The Balaban J connectivity index is 1.72. The highest BCUT2D eigenvalue weighted by Gasteiger charge is 2.10. The van der Waals surface area contributed by atoms with E-state index in [2.05, 4.69) is 10.3 Å². The SMILES string of the molecule is Cc1ccc2cc(C(=O)Nc3ccc(OCCO)cc3)[nH]c2c1. The second kappa shape index (κ2) is 6.54. The van der Waals surface area contributed by atoms with Gasteiger partial charge in [0.25, 0.3) is 5.91 Å². The first-order chi connectivity index (χ1) is 11.2. The van der Waals surface area contributed by atoms with Gasteiger partial charge in [0, 0.05) is 16.6 Å². The fourth-order valence-corrected chi connectivity index (χ4v) is 2.36. The van der Waals surface area contributed by atoms with Crippen LogP contribution in [0.15, 0.2) is 48.5 Å². The zero-order chi connectivity index (χ0) is 16.2. The number of benzene rings is 2. The summed E-state index contributed by atoms with van der Waals surface area (Å²) >= 11 is 0. The molecule has 0 radical (unpaired) electrons. The smallest absolute Gasteiger partial charge is 0.272 e. The van der Waals surface area contributed by atoms with Crippen molar-refractivity contribution >= 4 is 22.5 Å². The number of hydrogen-bond donors (Lipinski definition) is 3. The second-order valence-electron chi connectivity index (χ2n) is 5.32. The van der Waals surface area contributed by atoms with E-state index in [-0.39, 0.29) is 19.1 Å². The number of ether oxygens (including phenoxy) is 1. The molecule has 3 N–H and O–H groups in total. The summed E-state index contributed by atoms with van der Waals surface area (Å²) in [6.07, 6.45) is 0. The number of amides is 1. The maximum atomic E-state index is 12.3. The molecular weight excluding hydrogens is 292 g/mol. The summed E-state index contributed by atoms with van der Waals surface area (Å²) in [6.45, 7) is 2.24. The lowest BCUT2D eigenvalue weighted by atomic mass is 10.2. The van der Waals surface area contributed by atoms with Crippen molar-refractivity contribution in [2.75, 3.05) is 18.5 Å². The van der Waals surface area contributed by atoms with Crippen LogP contribution in [0.5, 0.6) is 5.75 Å². The van der Waals surface area contributed by atoms with E-state index in [4.69, 9.17) is 9.84 Å². The number of aliphatic hydroxyl groups excluding tert-OH is 1. The van der Waals surface area contributed by atoms with E-state index < -0.39 is 0 Å². The lowest BCUT2D eigenvalue weighted by molar-refractivity contribution is 0.102. The Hall–Kier alpha value is -2.79. The first-order valence-electron chi connectivity index (χ1n) is 7.40. The number of aliphatic hydroxyl groups is 1. The minimum Gasteiger partial charge on any atom is -0.491 e. The summed E-state index contributed by atoms with van der Waals surface area (Å²) in [5.41, 5.74) is 3.29. The normalized spacial score (nSPS) is 10.7. The molecule has 3 rings (SSSR count). The zero-order valence-electron chi connectivity index (χ0n) is 12.8. The molecule has 1 aromatic heterocycles. The third kappa shape index (κ3) is 3.52. The number of fused-ring (bicyclic) bond motifs is 1. The van der Waals surface area contributed by atoms with Crippen molar-refractivity contribution in [3.05, 3.63) is 59.8 Å². The van der Waals surface area contributed by atoms with Crippen LogP contribution >= 0.6 is 0 Å². The predicted octanol–water partition coefficient (Wildman–Crippen LogP) is 3.10. The molecule has 5 heteroatoms. The van der Waals surface area contributed by atoms with E-state index in [1.165, 1.54) is 0 Å². The molecule has 2 aromatic carbocycles. The van der Waals surface area contributed by atoms with Gasteiger partial charge in [0.2, 0.25) is 0 Å². The molecule has 118 valence electrons. The quantitative estimate of drug-likeness (QED) is 0.678. The molecule has 0 unspecified atom stereocenters. The Bertz CT molecular complexity index is 822. The van der Waals surface area contributed by atoms with Gasteiger partial charge in [0.05, 0.1) is 6.61 Å². The Kier molecular flexibility index (Phi) is 4.30. The van der Waals surface area contributed by atoms with Gasteiger partial charge in [0.15, 0.2) is 0 Å². The van der Waals surface area contributed by atoms with Gasteiger partial charge in [0.1, 0.15) is 18.1 Å². The zero-order valence-corrected chi connectivity index (χ0v) is 12.8. The summed E-state index contributed by atoms with van der Waals surface area (Å²) in [6, 6.07) is 14.9. The van der Waals surface area contributed by atoms with Gasteiger partial charge in [-0.15, -0.1) is 0 Å². The van der Waals surface area contributed by atoms with Gasteiger partial charge in [-0.25, -0.2) is 0 Å². The van der Waals surface area contributed by atoms with Crippen LogP contribution in [-0.2, 0) is 0 Å². The van der Waals surface area contributed by atoms with Crippen LogP contribution in [0.2, 0.25) is 0 Å². The minimum absolute atomic E-state index is 0.0294. The number of aryl methyl sites for hydroxylation is 1. The molecule has 0 saturated carbocycles. The van der Waals surface area contributed by atoms with Crippen molar-refractivity contribution < 1.29 is 14.6 Å². The molecule has 0 saturated heterocycles. The maximum absolute atomic E-state index is 12.3. The third-order valence-corrected chi connectivity index (χ3v) is 3.49. The van der Waals surface area contributed by atoms with E-state index >= 15 is 0 Å². The lowest BCUT2D eigenvalue weighted by Crippen LogP contribution is -2.12. The van der Waals surface area contributed by atoms with E-state index in [0.29, 0.717) is 17.1 Å². The van der Waals surface area contributed by atoms with Gasteiger partial charge in [-0.1, -0.05) is 12.1 Å². The highest BCUT2D eigenvalue weighted by molar-refractivity contribution is 6.05. The number of rotatable bonds is 5. The van der Waals surface area contributed by atoms with Crippen LogP contribution in [-0.4, -0.2) is 29.2 Å². The van der Waals surface area contributed by atoms with Crippen molar-refractivity contribution in [3.63, 3.8) is 0 Å².